The van der Waals surface area contributed by atoms with Gasteiger partial charge in [-0.3, -0.25) is 4.79 Å². The monoisotopic (exact) mass is 394 g/mol. The van der Waals surface area contributed by atoms with Crippen molar-refractivity contribution in [2.45, 2.75) is 40.0 Å². The van der Waals surface area contributed by atoms with Crippen LogP contribution in [0.15, 0.2) is 51.7 Å². The van der Waals surface area contributed by atoms with E-state index in [1.165, 1.54) is 0 Å². The second kappa shape index (κ2) is 9.41. The number of esters is 1. The SMILES string of the molecule is CCOC(=O)CCCOc1cc(C)cc2oc(=O)c(Cc3ccccc3)c(C)c12. The molecule has 0 N–H and O–H groups in total. The third kappa shape index (κ3) is 5.05. The van der Waals surface area contributed by atoms with E-state index in [9.17, 15) is 9.59 Å². The van der Waals surface area contributed by atoms with Crippen LogP contribution in [0.4, 0.5) is 0 Å². The Hall–Kier alpha value is -3.08. The van der Waals surface area contributed by atoms with Crippen molar-refractivity contribution in [1.29, 1.82) is 0 Å². The fourth-order valence-corrected chi connectivity index (χ4v) is 3.39. The smallest absolute Gasteiger partial charge is 0.340 e. The van der Waals surface area contributed by atoms with E-state index in [-0.39, 0.29) is 11.6 Å². The Balaban J connectivity index is 1.90. The molecule has 2 aromatic carbocycles. The zero-order valence-corrected chi connectivity index (χ0v) is 17.1. The molecule has 0 aliphatic heterocycles. The number of hydrogen-bond acceptors (Lipinski definition) is 5. The molecule has 0 spiro atoms. The van der Waals surface area contributed by atoms with Gasteiger partial charge in [0, 0.05) is 18.4 Å². The summed E-state index contributed by atoms with van der Waals surface area (Å²) in [4.78, 5) is 24.1. The molecule has 0 radical (unpaired) electrons. The van der Waals surface area contributed by atoms with Gasteiger partial charge >= 0.3 is 11.6 Å². The molecule has 0 unspecified atom stereocenters. The molecule has 152 valence electrons. The zero-order chi connectivity index (χ0) is 20.8. The Morgan fingerprint density at radius 2 is 1.86 bits per heavy atom. The van der Waals surface area contributed by atoms with Gasteiger partial charge in [0.25, 0.3) is 0 Å². The molecule has 29 heavy (non-hydrogen) atoms. The second-order valence-corrected chi connectivity index (χ2v) is 7.05. The number of benzene rings is 2. The first kappa shape index (κ1) is 20.6. The molecule has 0 amide bonds. The molecule has 0 aliphatic rings. The summed E-state index contributed by atoms with van der Waals surface area (Å²) in [6.45, 7) is 6.40. The highest BCUT2D eigenvalue weighted by molar-refractivity contribution is 5.88. The van der Waals surface area contributed by atoms with Crippen LogP contribution < -0.4 is 10.4 Å². The lowest BCUT2D eigenvalue weighted by atomic mass is 9.98. The van der Waals surface area contributed by atoms with Crippen LogP contribution in [-0.4, -0.2) is 19.2 Å². The standard InChI is InChI=1S/C24H26O5/c1-4-27-22(25)11-8-12-28-20-13-16(2)14-21-23(20)17(3)19(24(26)29-21)15-18-9-6-5-7-10-18/h5-7,9-10,13-14H,4,8,11-12,15H2,1-3H3. The highest BCUT2D eigenvalue weighted by Gasteiger charge is 2.16. The number of ether oxygens (including phenoxy) is 2. The van der Waals surface area contributed by atoms with Crippen LogP contribution in [0.25, 0.3) is 11.0 Å². The zero-order valence-electron chi connectivity index (χ0n) is 17.1. The quantitative estimate of drug-likeness (QED) is 0.314. The van der Waals surface area contributed by atoms with Crippen LogP contribution in [0.3, 0.4) is 0 Å². The van der Waals surface area contributed by atoms with Crippen LogP contribution in [0.5, 0.6) is 5.75 Å². The average molecular weight is 394 g/mol. The first-order valence-electron chi connectivity index (χ1n) is 9.89. The molecule has 0 bridgehead atoms. The summed E-state index contributed by atoms with van der Waals surface area (Å²) in [6.07, 6.45) is 1.37. The van der Waals surface area contributed by atoms with Crippen molar-refractivity contribution in [2.75, 3.05) is 13.2 Å². The molecule has 1 heterocycles. The molecule has 0 fully saturated rings. The van der Waals surface area contributed by atoms with E-state index >= 15 is 0 Å². The Kier molecular flexibility index (Phi) is 6.70. The molecule has 5 heteroatoms. The van der Waals surface area contributed by atoms with Crippen molar-refractivity contribution in [3.05, 3.63) is 75.1 Å². The maximum atomic E-state index is 12.6. The van der Waals surface area contributed by atoms with Crippen molar-refractivity contribution in [1.82, 2.24) is 0 Å². The van der Waals surface area contributed by atoms with Gasteiger partial charge in [-0.1, -0.05) is 30.3 Å². The fourth-order valence-electron chi connectivity index (χ4n) is 3.39. The molecule has 0 saturated carbocycles. The van der Waals surface area contributed by atoms with Gasteiger partial charge in [0.1, 0.15) is 11.3 Å². The number of rotatable bonds is 8. The Labute approximate surface area is 170 Å². The third-order valence-electron chi connectivity index (χ3n) is 4.80. The molecule has 0 aliphatic carbocycles. The summed E-state index contributed by atoms with van der Waals surface area (Å²) in [7, 11) is 0. The molecular formula is C24H26O5. The Morgan fingerprint density at radius 1 is 1.10 bits per heavy atom. The van der Waals surface area contributed by atoms with Gasteiger partial charge in [0.05, 0.1) is 18.6 Å². The molecular weight excluding hydrogens is 368 g/mol. The van der Waals surface area contributed by atoms with Gasteiger partial charge in [-0.2, -0.15) is 0 Å². The summed E-state index contributed by atoms with van der Waals surface area (Å²) < 4.78 is 16.6. The van der Waals surface area contributed by atoms with Crippen molar-refractivity contribution >= 4 is 16.9 Å². The van der Waals surface area contributed by atoms with Crippen molar-refractivity contribution in [3.8, 4) is 5.75 Å². The maximum absolute atomic E-state index is 12.6. The third-order valence-corrected chi connectivity index (χ3v) is 4.80. The number of hydrogen-bond donors (Lipinski definition) is 0. The van der Waals surface area contributed by atoms with Gasteiger partial charge in [-0.25, -0.2) is 4.79 Å². The minimum atomic E-state index is -0.322. The van der Waals surface area contributed by atoms with E-state index in [1.54, 1.807) is 6.92 Å². The first-order valence-corrected chi connectivity index (χ1v) is 9.89. The number of fused-ring (bicyclic) bond motifs is 1. The van der Waals surface area contributed by atoms with E-state index in [1.807, 2.05) is 56.3 Å². The van der Waals surface area contributed by atoms with Crippen LogP contribution in [0.2, 0.25) is 0 Å². The lowest BCUT2D eigenvalue weighted by molar-refractivity contribution is -0.143. The highest BCUT2D eigenvalue weighted by Crippen LogP contribution is 2.31. The summed E-state index contributed by atoms with van der Waals surface area (Å²) in [5.41, 5.74) is 3.68. The van der Waals surface area contributed by atoms with Crippen molar-refractivity contribution in [2.24, 2.45) is 0 Å². The molecule has 1 aromatic heterocycles. The van der Waals surface area contributed by atoms with Crippen LogP contribution in [0.1, 0.15) is 42.0 Å². The highest BCUT2D eigenvalue weighted by atomic mass is 16.5. The van der Waals surface area contributed by atoms with Gasteiger partial charge in [0.2, 0.25) is 0 Å². The summed E-state index contributed by atoms with van der Waals surface area (Å²) in [5, 5.41) is 0.803. The van der Waals surface area contributed by atoms with Gasteiger partial charge in [-0.05, 0) is 56.0 Å². The molecule has 3 aromatic rings. The Bertz CT molecular complexity index is 1050. The van der Waals surface area contributed by atoms with Crippen molar-refractivity contribution in [3.63, 3.8) is 0 Å². The summed E-state index contributed by atoms with van der Waals surface area (Å²) >= 11 is 0. The normalized spacial score (nSPS) is 10.9. The topological polar surface area (TPSA) is 65.7 Å². The molecule has 0 atom stereocenters. The van der Waals surface area contributed by atoms with E-state index in [2.05, 4.69) is 0 Å². The van der Waals surface area contributed by atoms with Crippen LogP contribution in [0, 0.1) is 13.8 Å². The van der Waals surface area contributed by atoms with Gasteiger partial charge in [0.15, 0.2) is 0 Å². The predicted molar refractivity (Wildman–Crippen MR) is 113 cm³/mol. The first-order chi connectivity index (χ1) is 14.0. The van der Waals surface area contributed by atoms with Crippen LogP contribution in [-0.2, 0) is 16.0 Å². The number of carbonyl (C=O) groups excluding carboxylic acids is 1. The minimum Gasteiger partial charge on any atom is -0.493 e. The van der Waals surface area contributed by atoms with Crippen molar-refractivity contribution < 1.29 is 18.7 Å². The predicted octanol–water partition coefficient (Wildman–Crippen LogP) is 4.72. The van der Waals surface area contributed by atoms with Gasteiger partial charge < -0.3 is 13.9 Å². The summed E-state index contributed by atoms with van der Waals surface area (Å²) in [5.74, 6) is 0.442. The second-order valence-electron chi connectivity index (χ2n) is 7.05. The average Bonchev–Trinajstić information content (AvgIpc) is 2.69. The number of carbonyl (C=O) groups is 1. The van der Waals surface area contributed by atoms with E-state index in [4.69, 9.17) is 13.9 Å². The lowest BCUT2D eigenvalue weighted by Crippen LogP contribution is -2.12. The van der Waals surface area contributed by atoms with E-state index < -0.39 is 0 Å². The minimum absolute atomic E-state index is 0.225. The lowest BCUT2D eigenvalue weighted by Gasteiger charge is -2.14. The Morgan fingerprint density at radius 3 is 2.59 bits per heavy atom. The van der Waals surface area contributed by atoms with Gasteiger partial charge in [-0.15, -0.1) is 0 Å². The molecule has 3 rings (SSSR count). The summed E-state index contributed by atoms with van der Waals surface area (Å²) in [6, 6.07) is 13.6. The maximum Gasteiger partial charge on any atom is 0.340 e. The van der Waals surface area contributed by atoms with Crippen LogP contribution >= 0.6 is 0 Å². The van der Waals surface area contributed by atoms with E-state index in [0.29, 0.717) is 49.4 Å². The fraction of sp³-hybridized carbons (Fsp3) is 0.333. The largest absolute Gasteiger partial charge is 0.493 e. The molecule has 0 saturated heterocycles. The number of aryl methyl sites for hydroxylation is 2. The molecule has 5 nitrogen and oxygen atoms in total. The van der Waals surface area contributed by atoms with E-state index in [0.717, 1.165) is 22.1 Å².